The van der Waals surface area contributed by atoms with Gasteiger partial charge in [-0.05, 0) is 55.7 Å². The highest BCUT2D eigenvalue weighted by molar-refractivity contribution is 6.30. The molecule has 6 heteroatoms. The fourth-order valence-electron chi connectivity index (χ4n) is 3.30. The number of rotatable bonds is 9. The van der Waals surface area contributed by atoms with E-state index in [0.717, 1.165) is 48.3 Å². The van der Waals surface area contributed by atoms with Crippen molar-refractivity contribution in [2.45, 2.75) is 32.2 Å². The molecule has 0 unspecified atom stereocenters. The largest absolute Gasteiger partial charge is 0.492 e. The number of nitrogens with zero attached hydrogens (tertiary/aromatic N) is 2. The molecular formula is C22H24ClN3O2. The summed E-state index contributed by atoms with van der Waals surface area (Å²) in [6, 6.07) is 15.5. The SMILES string of the molecule is O=C(NCCCc1nc2ccccc2n1CCOc1ccc(Cl)cc1)C1CC1. The average molecular weight is 398 g/mol. The zero-order chi connectivity index (χ0) is 19.3. The number of aromatic nitrogens is 2. The van der Waals surface area contributed by atoms with E-state index in [1.807, 2.05) is 42.5 Å². The van der Waals surface area contributed by atoms with Crippen LogP contribution in [0.25, 0.3) is 11.0 Å². The van der Waals surface area contributed by atoms with Gasteiger partial charge in [-0.1, -0.05) is 23.7 Å². The smallest absolute Gasteiger partial charge is 0.223 e. The molecule has 1 amide bonds. The number of carbonyl (C=O) groups excluding carboxylic acids is 1. The van der Waals surface area contributed by atoms with Gasteiger partial charge in [0.25, 0.3) is 0 Å². The lowest BCUT2D eigenvalue weighted by molar-refractivity contribution is -0.122. The molecule has 0 atom stereocenters. The van der Waals surface area contributed by atoms with Crippen molar-refractivity contribution in [3.63, 3.8) is 0 Å². The van der Waals surface area contributed by atoms with E-state index in [-0.39, 0.29) is 11.8 Å². The van der Waals surface area contributed by atoms with Gasteiger partial charge in [0.2, 0.25) is 5.91 Å². The molecule has 1 aliphatic carbocycles. The Bertz CT molecular complexity index is 948. The van der Waals surface area contributed by atoms with Crippen molar-refractivity contribution >= 4 is 28.5 Å². The molecule has 0 radical (unpaired) electrons. The molecule has 3 aromatic rings. The Morgan fingerprint density at radius 1 is 1.18 bits per heavy atom. The number of para-hydroxylation sites is 2. The van der Waals surface area contributed by atoms with Crippen molar-refractivity contribution in [2.24, 2.45) is 5.92 Å². The number of halogens is 1. The van der Waals surface area contributed by atoms with E-state index < -0.39 is 0 Å². The molecule has 0 bridgehead atoms. The molecule has 4 rings (SSSR count). The highest BCUT2D eigenvalue weighted by atomic mass is 35.5. The second-order valence-corrected chi connectivity index (χ2v) is 7.58. The first-order chi connectivity index (χ1) is 13.7. The number of nitrogens with one attached hydrogen (secondary N) is 1. The number of carbonyl (C=O) groups is 1. The van der Waals surface area contributed by atoms with Gasteiger partial charge in [0.05, 0.1) is 17.6 Å². The minimum atomic E-state index is 0.199. The zero-order valence-corrected chi connectivity index (χ0v) is 16.5. The van der Waals surface area contributed by atoms with Gasteiger partial charge in [0.15, 0.2) is 0 Å². The van der Waals surface area contributed by atoms with Crippen molar-refractivity contribution in [2.75, 3.05) is 13.2 Å². The molecule has 2 aromatic carbocycles. The van der Waals surface area contributed by atoms with E-state index in [1.165, 1.54) is 0 Å². The summed E-state index contributed by atoms with van der Waals surface area (Å²) in [5.74, 6) is 2.29. The summed E-state index contributed by atoms with van der Waals surface area (Å²) < 4.78 is 8.08. The minimum absolute atomic E-state index is 0.199. The van der Waals surface area contributed by atoms with Gasteiger partial charge in [-0.25, -0.2) is 4.98 Å². The molecule has 0 saturated heterocycles. The Labute approximate surface area is 169 Å². The molecule has 1 aliphatic rings. The van der Waals surface area contributed by atoms with Gasteiger partial charge in [0.1, 0.15) is 18.2 Å². The maximum Gasteiger partial charge on any atom is 0.223 e. The summed E-state index contributed by atoms with van der Waals surface area (Å²) in [5.41, 5.74) is 2.10. The first kappa shape index (κ1) is 18.8. The highest BCUT2D eigenvalue weighted by Crippen LogP contribution is 2.28. The molecular weight excluding hydrogens is 374 g/mol. The molecule has 1 aromatic heterocycles. The van der Waals surface area contributed by atoms with Crippen LogP contribution in [0, 0.1) is 5.92 Å². The van der Waals surface area contributed by atoms with Crippen LogP contribution in [0.3, 0.4) is 0 Å². The number of amides is 1. The summed E-state index contributed by atoms with van der Waals surface area (Å²) >= 11 is 5.92. The number of ether oxygens (including phenoxy) is 1. The minimum Gasteiger partial charge on any atom is -0.492 e. The lowest BCUT2D eigenvalue weighted by atomic mass is 10.2. The Morgan fingerprint density at radius 3 is 2.75 bits per heavy atom. The van der Waals surface area contributed by atoms with Gasteiger partial charge in [0, 0.05) is 23.9 Å². The van der Waals surface area contributed by atoms with E-state index >= 15 is 0 Å². The van der Waals surface area contributed by atoms with E-state index in [2.05, 4.69) is 16.0 Å². The van der Waals surface area contributed by atoms with Gasteiger partial charge in [-0.15, -0.1) is 0 Å². The van der Waals surface area contributed by atoms with Crippen LogP contribution >= 0.6 is 11.6 Å². The Balaban J connectivity index is 1.37. The van der Waals surface area contributed by atoms with Crippen molar-refractivity contribution in [3.05, 3.63) is 59.4 Å². The second-order valence-electron chi connectivity index (χ2n) is 7.14. The third-order valence-corrected chi connectivity index (χ3v) is 5.21. The predicted octanol–water partition coefficient (Wildman–Crippen LogP) is 4.23. The maximum absolute atomic E-state index is 11.8. The van der Waals surface area contributed by atoms with Crippen LogP contribution in [0.15, 0.2) is 48.5 Å². The lowest BCUT2D eigenvalue weighted by Gasteiger charge is -2.11. The predicted molar refractivity (Wildman–Crippen MR) is 111 cm³/mol. The number of imidazole rings is 1. The zero-order valence-electron chi connectivity index (χ0n) is 15.7. The first-order valence-electron chi connectivity index (χ1n) is 9.81. The summed E-state index contributed by atoms with van der Waals surface area (Å²) in [5, 5.41) is 3.72. The van der Waals surface area contributed by atoms with Gasteiger partial charge < -0.3 is 14.6 Å². The highest BCUT2D eigenvalue weighted by Gasteiger charge is 2.29. The quantitative estimate of drug-likeness (QED) is 0.550. The summed E-state index contributed by atoms with van der Waals surface area (Å²) in [6.45, 7) is 1.96. The summed E-state index contributed by atoms with van der Waals surface area (Å²) in [4.78, 5) is 16.6. The summed E-state index contributed by atoms with van der Waals surface area (Å²) in [6.07, 6.45) is 3.77. The van der Waals surface area contributed by atoms with Crippen molar-refractivity contribution < 1.29 is 9.53 Å². The van der Waals surface area contributed by atoms with Crippen LogP contribution in [-0.4, -0.2) is 28.6 Å². The number of benzene rings is 2. The van der Waals surface area contributed by atoms with Gasteiger partial charge in [-0.2, -0.15) is 0 Å². The van der Waals surface area contributed by atoms with E-state index in [9.17, 15) is 4.79 Å². The molecule has 0 spiro atoms. The maximum atomic E-state index is 11.8. The van der Waals surface area contributed by atoms with E-state index in [1.54, 1.807) is 0 Å². The monoisotopic (exact) mass is 397 g/mol. The molecule has 0 aliphatic heterocycles. The van der Waals surface area contributed by atoms with Gasteiger partial charge in [-0.3, -0.25) is 4.79 Å². The summed E-state index contributed by atoms with van der Waals surface area (Å²) in [7, 11) is 0. The van der Waals surface area contributed by atoms with Crippen molar-refractivity contribution in [3.8, 4) is 5.75 Å². The molecule has 146 valence electrons. The molecule has 1 saturated carbocycles. The second kappa shape index (κ2) is 8.65. The fourth-order valence-corrected chi connectivity index (χ4v) is 3.43. The molecule has 1 N–H and O–H groups in total. The van der Waals surface area contributed by atoms with E-state index in [4.69, 9.17) is 21.3 Å². The standard InChI is InChI=1S/C22H24ClN3O2/c23-17-9-11-18(12-10-17)28-15-14-26-20-5-2-1-4-19(20)25-21(26)6-3-13-24-22(27)16-7-8-16/h1-2,4-5,9-12,16H,3,6-8,13-15H2,(H,24,27). The number of hydrogen-bond acceptors (Lipinski definition) is 3. The van der Waals surface area contributed by atoms with Gasteiger partial charge >= 0.3 is 0 Å². The molecule has 5 nitrogen and oxygen atoms in total. The number of aryl methyl sites for hydroxylation is 1. The Hall–Kier alpha value is -2.53. The fraction of sp³-hybridized carbons (Fsp3) is 0.364. The van der Waals surface area contributed by atoms with Crippen LogP contribution < -0.4 is 10.1 Å². The third-order valence-electron chi connectivity index (χ3n) is 4.96. The number of fused-ring (bicyclic) bond motifs is 1. The topological polar surface area (TPSA) is 56.2 Å². The normalized spacial score (nSPS) is 13.6. The van der Waals surface area contributed by atoms with Crippen LogP contribution in [0.5, 0.6) is 5.75 Å². The van der Waals surface area contributed by atoms with Crippen molar-refractivity contribution in [1.82, 2.24) is 14.9 Å². The third kappa shape index (κ3) is 4.65. The average Bonchev–Trinajstić information content (AvgIpc) is 3.50. The molecule has 1 fully saturated rings. The lowest BCUT2D eigenvalue weighted by Crippen LogP contribution is -2.26. The van der Waals surface area contributed by atoms with Crippen LogP contribution in [0.2, 0.25) is 5.02 Å². The van der Waals surface area contributed by atoms with Crippen molar-refractivity contribution in [1.29, 1.82) is 0 Å². The Kier molecular flexibility index (Phi) is 5.81. The first-order valence-corrected chi connectivity index (χ1v) is 10.2. The number of hydrogen-bond donors (Lipinski definition) is 1. The van der Waals surface area contributed by atoms with Crippen LogP contribution in [0.1, 0.15) is 25.1 Å². The molecule has 1 heterocycles. The van der Waals surface area contributed by atoms with Crippen LogP contribution in [0.4, 0.5) is 0 Å². The molecule has 28 heavy (non-hydrogen) atoms. The van der Waals surface area contributed by atoms with E-state index in [0.29, 0.717) is 24.7 Å². The Morgan fingerprint density at radius 2 is 1.96 bits per heavy atom. The van der Waals surface area contributed by atoms with Crippen LogP contribution in [-0.2, 0) is 17.8 Å².